The lowest BCUT2D eigenvalue weighted by Crippen LogP contribution is -2.25. The Labute approximate surface area is 158 Å². The summed E-state index contributed by atoms with van der Waals surface area (Å²) in [5.41, 5.74) is 2.58. The van der Waals surface area contributed by atoms with Crippen LogP contribution in [-0.4, -0.2) is 25.5 Å². The molecule has 2 heterocycles. The van der Waals surface area contributed by atoms with E-state index in [1.54, 1.807) is 34.9 Å². The number of nitrogens with zero attached hydrogens (tertiary/aromatic N) is 4. The fourth-order valence-electron chi connectivity index (χ4n) is 2.49. The number of carbonyl (C=O) groups is 1. The molecule has 1 N–H and O–H groups in total. The van der Waals surface area contributed by atoms with Crippen molar-refractivity contribution >= 4 is 39.1 Å². The lowest BCUT2D eigenvalue weighted by Gasteiger charge is -2.13. The molecule has 0 spiro atoms. The van der Waals surface area contributed by atoms with Crippen LogP contribution in [0.5, 0.6) is 0 Å². The van der Waals surface area contributed by atoms with E-state index in [1.807, 2.05) is 31.2 Å². The summed E-state index contributed by atoms with van der Waals surface area (Å²) in [6.45, 7) is 4.29. The van der Waals surface area contributed by atoms with Crippen LogP contribution in [0.3, 0.4) is 0 Å². The first kappa shape index (κ1) is 17.7. The van der Waals surface area contributed by atoms with Gasteiger partial charge in [-0.2, -0.15) is 10.2 Å². The summed E-state index contributed by atoms with van der Waals surface area (Å²) in [6, 6.07) is 7.17. The fourth-order valence-corrected chi connectivity index (χ4v) is 2.97. The highest BCUT2D eigenvalue weighted by Gasteiger charge is 2.19. The normalized spacial score (nSPS) is 12.2. The molecule has 8 heteroatoms. The van der Waals surface area contributed by atoms with Crippen LogP contribution in [0.15, 0.2) is 47.3 Å². The minimum atomic E-state index is -0.428. The molecule has 2 aromatic heterocycles. The van der Waals surface area contributed by atoms with Crippen LogP contribution in [-0.2, 0) is 11.3 Å². The molecule has 0 bridgehead atoms. The van der Waals surface area contributed by atoms with Gasteiger partial charge in [-0.15, -0.1) is 0 Å². The first-order chi connectivity index (χ1) is 11.9. The highest BCUT2D eigenvalue weighted by atomic mass is 79.9. The average molecular weight is 423 g/mol. The minimum absolute atomic E-state index is 0.152. The number of hydrogen-bond acceptors (Lipinski definition) is 3. The molecule has 0 fully saturated rings. The average Bonchev–Trinajstić information content (AvgIpc) is 3.14. The Balaban J connectivity index is 1.66. The molecule has 1 unspecified atom stereocenters. The van der Waals surface area contributed by atoms with Gasteiger partial charge in [0.1, 0.15) is 6.04 Å². The molecule has 6 nitrogen and oxygen atoms in total. The van der Waals surface area contributed by atoms with E-state index in [4.69, 9.17) is 11.6 Å². The Kier molecular flexibility index (Phi) is 5.24. The highest BCUT2D eigenvalue weighted by Crippen LogP contribution is 2.20. The second kappa shape index (κ2) is 7.41. The third-order valence-corrected chi connectivity index (χ3v) is 4.88. The summed E-state index contributed by atoms with van der Waals surface area (Å²) < 4.78 is 4.30. The number of halogens is 2. The van der Waals surface area contributed by atoms with Crippen molar-refractivity contribution in [1.29, 1.82) is 0 Å². The minimum Gasteiger partial charge on any atom is -0.322 e. The molecule has 25 heavy (non-hydrogen) atoms. The van der Waals surface area contributed by atoms with Crippen molar-refractivity contribution in [3.05, 3.63) is 63.6 Å². The summed E-state index contributed by atoms with van der Waals surface area (Å²) in [6.07, 6.45) is 5.10. The summed E-state index contributed by atoms with van der Waals surface area (Å²) in [5.74, 6) is -0.152. The third kappa shape index (κ3) is 4.11. The van der Waals surface area contributed by atoms with E-state index in [-0.39, 0.29) is 5.91 Å². The van der Waals surface area contributed by atoms with Crippen LogP contribution in [0.2, 0.25) is 5.02 Å². The van der Waals surface area contributed by atoms with Crippen molar-refractivity contribution in [3.8, 4) is 0 Å². The Bertz CT molecular complexity index is 904. The monoisotopic (exact) mass is 421 g/mol. The zero-order valence-electron chi connectivity index (χ0n) is 13.8. The van der Waals surface area contributed by atoms with Crippen molar-refractivity contribution in [1.82, 2.24) is 19.6 Å². The summed E-state index contributed by atoms with van der Waals surface area (Å²) in [4.78, 5) is 12.4. The Morgan fingerprint density at radius 2 is 2.16 bits per heavy atom. The van der Waals surface area contributed by atoms with Crippen LogP contribution < -0.4 is 5.32 Å². The van der Waals surface area contributed by atoms with Crippen molar-refractivity contribution in [2.24, 2.45) is 0 Å². The van der Waals surface area contributed by atoms with E-state index in [2.05, 4.69) is 31.4 Å². The van der Waals surface area contributed by atoms with E-state index in [0.717, 1.165) is 15.7 Å². The van der Waals surface area contributed by atoms with Crippen LogP contribution in [0, 0.1) is 6.92 Å². The zero-order chi connectivity index (χ0) is 18.0. The quantitative estimate of drug-likeness (QED) is 0.674. The van der Waals surface area contributed by atoms with Crippen LogP contribution in [0.1, 0.15) is 24.2 Å². The number of rotatable bonds is 5. The van der Waals surface area contributed by atoms with Crippen molar-refractivity contribution in [2.45, 2.75) is 26.4 Å². The van der Waals surface area contributed by atoms with Gasteiger partial charge in [0.25, 0.3) is 0 Å². The van der Waals surface area contributed by atoms with Crippen molar-refractivity contribution in [2.75, 3.05) is 5.32 Å². The van der Waals surface area contributed by atoms with Gasteiger partial charge in [0.05, 0.1) is 34.8 Å². The lowest BCUT2D eigenvalue weighted by molar-refractivity contribution is -0.119. The largest absolute Gasteiger partial charge is 0.322 e. The molecule has 3 aromatic rings. The molecule has 1 amide bonds. The molecular weight excluding hydrogens is 406 g/mol. The van der Waals surface area contributed by atoms with Gasteiger partial charge in [0.15, 0.2) is 0 Å². The maximum atomic E-state index is 12.4. The van der Waals surface area contributed by atoms with Crippen molar-refractivity contribution < 1.29 is 4.79 Å². The summed E-state index contributed by atoms with van der Waals surface area (Å²) in [5, 5.41) is 12.1. The van der Waals surface area contributed by atoms with Gasteiger partial charge in [0.2, 0.25) is 5.91 Å². The maximum Gasteiger partial charge on any atom is 0.249 e. The van der Waals surface area contributed by atoms with Gasteiger partial charge in [-0.25, -0.2) is 0 Å². The Morgan fingerprint density at radius 1 is 1.36 bits per heavy atom. The number of aromatic nitrogens is 4. The van der Waals surface area contributed by atoms with Crippen LogP contribution >= 0.6 is 27.5 Å². The molecule has 0 saturated heterocycles. The molecule has 1 aromatic carbocycles. The number of nitrogens with one attached hydrogen (secondary N) is 1. The number of anilines is 1. The molecule has 0 aliphatic heterocycles. The number of carbonyl (C=O) groups excluding carboxylic acids is 1. The van der Waals surface area contributed by atoms with Crippen LogP contribution in [0.4, 0.5) is 5.69 Å². The summed E-state index contributed by atoms with van der Waals surface area (Å²) in [7, 11) is 0. The smallest absolute Gasteiger partial charge is 0.249 e. The van der Waals surface area contributed by atoms with E-state index in [0.29, 0.717) is 17.3 Å². The molecule has 0 aliphatic carbocycles. The zero-order valence-corrected chi connectivity index (χ0v) is 16.1. The Hall–Kier alpha value is -2.12. The van der Waals surface area contributed by atoms with Gasteiger partial charge >= 0.3 is 0 Å². The van der Waals surface area contributed by atoms with E-state index < -0.39 is 6.04 Å². The molecule has 3 rings (SSSR count). The number of hydrogen-bond donors (Lipinski definition) is 1. The predicted molar refractivity (Wildman–Crippen MR) is 101 cm³/mol. The first-order valence-corrected chi connectivity index (χ1v) is 8.88. The lowest BCUT2D eigenvalue weighted by atomic mass is 10.2. The molecule has 0 radical (unpaired) electrons. The van der Waals surface area contributed by atoms with Gasteiger partial charge in [-0.3, -0.25) is 14.2 Å². The molecule has 0 saturated carbocycles. The van der Waals surface area contributed by atoms with Crippen LogP contribution in [0.25, 0.3) is 0 Å². The number of amides is 1. The molecule has 130 valence electrons. The Morgan fingerprint density at radius 3 is 2.84 bits per heavy atom. The SMILES string of the molecule is Cc1c(Br)cnn1C(C)C(=O)Nc1cnn(Cc2cccc(Cl)c2)c1. The van der Waals surface area contributed by atoms with E-state index in [1.165, 1.54) is 0 Å². The third-order valence-electron chi connectivity index (χ3n) is 3.87. The van der Waals surface area contributed by atoms with Gasteiger partial charge in [-0.05, 0) is 47.5 Å². The topological polar surface area (TPSA) is 64.7 Å². The summed E-state index contributed by atoms with van der Waals surface area (Å²) >= 11 is 9.40. The predicted octanol–water partition coefficient (Wildman–Crippen LogP) is 4.05. The van der Waals surface area contributed by atoms with E-state index in [9.17, 15) is 4.79 Å². The maximum absolute atomic E-state index is 12.4. The van der Waals surface area contributed by atoms with Crippen molar-refractivity contribution in [3.63, 3.8) is 0 Å². The van der Waals surface area contributed by atoms with E-state index >= 15 is 0 Å². The van der Waals surface area contributed by atoms with Gasteiger partial charge < -0.3 is 5.32 Å². The molecule has 1 atom stereocenters. The number of benzene rings is 1. The van der Waals surface area contributed by atoms with Gasteiger partial charge in [-0.1, -0.05) is 23.7 Å². The highest BCUT2D eigenvalue weighted by molar-refractivity contribution is 9.10. The molecule has 0 aliphatic rings. The standard InChI is InChI=1S/C17H17BrClN5O/c1-11-16(18)8-21-24(11)12(2)17(25)22-15-7-20-23(10-15)9-13-4-3-5-14(19)6-13/h3-8,10,12H,9H2,1-2H3,(H,22,25). The molecular formula is C17H17BrClN5O. The fraction of sp³-hybridized carbons (Fsp3) is 0.235. The second-order valence-corrected chi connectivity index (χ2v) is 7.03. The first-order valence-electron chi connectivity index (χ1n) is 7.71. The second-order valence-electron chi connectivity index (χ2n) is 5.74. The van der Waals surface area contributed by atoms with Gasteiger partial charge in [0, 0.05) is 11.2 Å².